The average Bonchev–Trinajstić information content (AvgIpc) is 3.06. The number of anilines is 2. The molecule has 2 N–H and O–H groups in total. The van der Waals surface area contributed by atoms with E-state index in [1.165, 1.54) is 0 Å². The molecule has 0 bridgehead atoms. The Labute approximate surface area is 105 Å². The second kappa shape index (κ2) is 4.01. The Balaban J connectivity index is 1.75. The summed E-state index contributed by atoms with van der Waals surface area (Å²) in [6, 6.07) is 5.25. The zero-order valence-electron chi connectivity index (χ0n) is 10.0. The molecule has 0 radical (unpaired) electrons. The first-order valence-electron chi connectivity index (χ1n) is 6.01. The Morgan fingerprint density at radius 3 is 3.00 bits per heavy atom. The van der Waals surface area contributed by atoms with Gasteiger partial charge in [0.25, 0.3) is 5.91 Å². The molecule has 2 unspecified atom stereocenters. The fraction of sp³-hybridized carbons (Fsp3) is 0.385. The Morgan fingerprint density at radius 1 is 1.50 bits per heavy atom. The molecule has 1 aromatic rings. The minimum absolute atomic E-state index is 0.0400. The molecule has 94 valence electrons. The Morgan fingerprint density at radius 2 is 2.28 bits per heavy atom. The molecule has 18 heavy (non-hydrogen) atoms. The highest BCUT2D eigenvalue weighted by Gasteiger charge is 2.39. The van der Waals surface area contributed by atoms with Crippen LogP contribution in [0.15, 0.2) is 18.2 Å². The van der Waals surface area contributed by atoms with Gasteiger partial charge in [-0.1, -0.05) is 6.92 Å². The lowest BCUT2D eigenvalue weighted by Crippen LogP contribution is -2.25. The van der Waals surface area contributed by atoms with Crippen molar-refractivity contribution in [2.75, 3.05) is 17.2 Å². The lowest BCUT2D eigenvalue weighted by atomic mass is 10.2. The van der Waals surface area contributed by atoms with Gasteiger partial charge in [0.2, 0.25) is 5.91 Å². The highest BCUT2D eigenvalue weighted by Crippen LogP contribution is 2.39. The van der Waals surface area contributed by atoms with Crippen LogP contribution in [0.5, 0.6) is 5.75 Å². The van der Waals surface area contributed by atoms with Crippen molar-refractivity contribution in [1.29, 1.82) is 0 Å². The number of hydrogen-bond acceptors (Lipinski definition) is 3. The zero-order valence-corrected chi connectivity index (χ0v) is 10.0. The first-order chi connectivity index (χ1) is 8.63. The third-order valence-corrected chi connectivity index (χ3v) is 3.33. The molecule has 1 aliphatic carbocycles. The third kappa shape index (κ3) is 2.03. The van der Waals surface area contributed by atoms with E-state index in [4.69, 9.17) is 4.74 Å². The molecular formula is C13H14N2O3. The summed E-state index contributed by atoms with van der Waals surface area (Å²) in [6.07, 6.45) is 0.955. The molecular weight excluding hydrogens is 232 g/mol. The van der Waals surface area contributed by atoms with Gasteiger partial charge >= 0.3 is 0 Å². The van der Waals surface area contributed by atoms with E-state index in [2.05, 4.69) is 17.6 Å². The van der Waals surface area contributed by atoms with Crippen LogP contribution >= 0.6 is 0 Å². The summed E-state index contributed by atoms with van der Waals surface area (Å²) in [7, 11) is 0. The Bertz CT molecular complexity index is 527. The molecule has 5 heteroatoms. The lowest BCUT2D eigenvalue weighted by molar-refractivity contribution is -0.119. The molecule has 1 heterocycles. The van der Waals surface area contributed by atoms with E-state index in [9.17, 15) is 9.59 Å². The number of carbonyl (C=O) groups excluding carboxylic acids is 2. The molecule has 0 saturated heterocycles. The van der Waals surface area contributed by atoms with Crippen LogP contribution in [-0.2, 0) is 9.59 Å². The normalized spacial score (nSPS) is 24.6. The number of rotatable bonds is 2. The second-order valence-corrected chi connectivity index (χ2v) is 4.86. The van der Waals surface area contributed by atoms with Gasteiger partial charge < -0.3 is 15.4 Å². The summed E-state index contributed by atoms with van der Waals surface area (Å²) in [4.78, 5) is 23.0. The van der Waals surface area contributed by atoms with Crippen molar-refractivity contribution < 1.29 is 14.3 Å². The van der Waals surface area contributed by atoms with Crippen LogP contribution in [0.25, 0.3) is 0 Å². The van der Waals surface area contributed by atoms with Crippen LogP contribution in [0.4, 0.5) is 11.4 Å². The molecule has 0 aromatic heterocycles. The summed E-state index contributed by atoms with van der Waals surface area (Å²) in [5, 5.41) is 5.57. The number of fused-ring (bicyclic) bond motifs is 1. The number of hydrogen-bond donors (Lipinski definition) is 2. The number of ether oxygens (including phenoxy) is 1. The van der Waals surface area contributed by atoms with Crippen LogP contribution in [-0.4, -0.2) is 18.4 Å². The van der Waals surface area contributed by atoms with Crippen LogP contribution in [0.1, 0.15) is 13.3 Å². The number of amides is 2. The largest absolute Gasteiger partial charge is 0.482 e. The molecule has 2 amide bonds. The molecule has 2 atom stereocenters. The predicted molar refractivity (Wildman–Crippen MR) is 66.5 cm³/mol. The maximum Gasteiger partial charge on any atom is 0.262 e. The second-order valence-electron chi connectivity index (χ2n) is 4.86. The summed E-state index contributed by atoms with van der Waals surface area (Å²) >= 11 is 0. The first kappa shape index (κ1) is 11.1. The minimum atomic E-state index is -0.179. The van der Waals surface area contributed by atoms with Crippen molar-refractivity contribution in [2.24, 2.45) is 11.8 Å². The van der Waals surface area contributed by atoms with Crippen LogP contribution in [0.2, 0.25) is 0 Å². The van der Waals surface area contributed by atoms with Gasteiger partial charge in [0.15, 0.2) is 6.61 Å². The summed E-state index contributed by atoms with van der Waals surface area (Å²) < 4.78 is 5.25. The van der Waals surface area contributed by atoms with Crippen molar-refractivity contribution in [1.82, 2.24) is 0 Å². The highest BCUT2D eigenvalue weighted by molar-refractivity contribution is 5.98. The van der Waals surface area contributed by atoms with Gasteiger partial charge in [-0.2, -0.15) is 0 Å². The van der Waals surface area contributed by atoms with Crippen molar-refractivity contribution in [3.05, 3.63) is 18.2 Å². The Kier molecular flexibility index (Phi) is 2.47. The average molecular weight is 246 g/mol. The molecule has 1 saturated carbocycles. The van der Waals surface area contributed by atoms with Crippen molar-refractivity contribution >= 4 is 23.2 Å². The fourth-order valence-electron chi connectivity index (χ4n) is 2.08. The predicted octanol–water partition coefficient (Wildman–Crippen LogP) is 1.61. The molecule has 1 aromatic carbocycles. The summed E-state index contributed by atoms with van der Waals surface area (Å²) in [6.45, 7) is 2.10. The summed E-state index contributed by atoms with van der Waals surface area (Å²) in [5.41, 5.74) is 1.29. The van der Waals surface area contributed by atoms with Gasteiger partial charge in [0.05, 0.1) is 5.69 Å². The first-order valence-corrected chi connectivity index (χ1v) is 6.01. The molecule has 5 nitrogen and oxygen atoms in total. The highest BCUT2D eigenvalue weighted by atomic mass is 16.5. The molecule has 1 fully saturated rings. The molecule has 0 spiro atoms. The zero-order chi connectivity index (χ0) is 12.7. The van der Waals surface area contributed by atoms with Gasteiger partial charge in [-0.25, -0.2) is 0 Å². The van der Waals surface area contributed by atoms with E-state index in [0.717, 1.165) is 6.42 Å². The van der Waals surface area contributed by atoms with Gasteiger partial charge in [-0.3, -0.25) is 9.59 Å². The number of benzene rings is 1. The maximum atomic E-state index is 11.8. The van der Waals surface area contributed by atoms with E-state index in [-0.39, 0.29) is 24.3 Å². The van der Waals surface area contributed by atoms with Crippen LogP contribution in [0.3, 0.4) is 0 Å². The quantitative estimate of drug-likeness (QED) is 0.833. The van der Waals surface area contributed by atoms with Gasteiger partial charge in [-0.15, -0.1) is 0 Å². The van der Waals surface area contributed by atoms with Gasteiger partial charge in [0, 0.05) is 11.6 Å². The van der Waals surface area contributed by atoms with E-state index in [1.54, 1.807) is 18.2 Å². The summed E-state index contributed by atoms with van der Waals surface area (Å²) in [5.74, 6) is 1.11. The monoisotopic (exact) mass is 246 g/mol. The lowest BCUT2D eigenvalue weighted by Gasteiger charge is -2.18. The fourth-order valence-corrected chi connectivity index (χ4v) is 2.08. The van der Waals surface area contributed by atoms with Gasteiger partial charge in [-0.05, 0) is 30.5 Å². The van der Waals surface area contributed by atoms with E-state index in [0.29, 0.717) is 23.0 Å². The Hall–Kier alpha value is -2.04. The standard InChI is InChI=1S/C13H14N2O3/c1-7-4-9(7)13(17)14-8-2-3-11-10(5-8)15-12(16)6-18-11/h2-3,5,7,9H,4,6H2,1H3,(H,14,17)(H,15,16). The minimum Gasteiger partial charge on any atom is -0.482 e. The number of nitrogens with one attached hydrogen (secondary N) is 2. The SMILES string of the molecule is CC1CC1C(=O)Nc1ccc2c(c1)NC(=O)CO2. The third-order valence-electron chi connectivity index (χ3n) is 3.33. The van der Waals surface area contributed by atoms with Crippen LogP contribution in [0, 0.1) is 11.8 Å². The topological polar surface area (TPSA) is 67.4 Å². The number of carbonyl (C=O) groups is 2. The maximum absolute atomic E-state index is 11.8. The van der Waals surface area contributed by atoms with Gasteiger partial charge in [0.1, 0.15) is 5.75 Å². The van der Waals surface area contributed by atoms with Crippen LogP contribution < -0.4 is 15.4 Å². The van der Waals surface area contributed by atoms with Crippen molar-refractivity contribution in [3.63, 3.8) is 0 Å². The molecule has 3 rings (SSSR count). The van der Waals surface area contributed by atoms with E-state index < -0.39 is 0 Å². The van der Waals surface area contributed by atoms with Crippen molar-refractivity contribution in [2.45, 2.75) is 13.3 Å². The van der Waals surface area contributed by atoms with E-state index >= 15 is 0 Å². The molecule has 2 aliphatic rings. The molecule has 1 aliphatic heterocycles. The van der Waals surface area contributed by atoms with Crippen molar-refractivity contribution in [3.8, 4) is 5.75 Å². The smallest absolute Gasteiger partial charge is 0.262 e. The van der Waals surface area contributed by atoms with E-state index in [1.807, 2.05) is 0 Å².